The van der Waals surface area contributed by atoms with Crippen LogP contribution in [-0.4, -0.2) is 41.7 Å². The molecule has 1 heterocycles. The first-order valence-electron chi connectivity index (χ1n) is 11.1. The molecule has 2 N–H and O–H groups in total. The molecule has 2 atom stereocenters. The van der Waals surface area contributed by atoms with Gasteiger partial charge in [-0.2, -0.15) is 0 Å². The van der Waals surface area contributed by atoms with Gasteiger partial charge in [0.05, 0.1) is 17.6 Å². The summed E-state index contributed by atoms with van der Waals surface area (Å²) in [6.45, 7) is 3.64. The molecule has 6 heteroatoms. The molecule has 0 aliphatic carbocycles. The van der Waals surface area contributed by atoms with E-state index in [1.54, 1.807) is 31.2 Å². The van der Waals surface area contributed by atoms with Crippen molar-refractivity contribution in [3.05, 3.63) is 107 Å². The second kappa shape index (κ2) is 9.81. The van der Waals surface area contributed by atoms with E-state index in [9.17, 15) is 18.7 Å². The van der Waals surface area contributed by atoms with Gasteiger partial charge in [-0.1, -0.05) is 54.6 Å². The minimum Gasteiger partial charge on any atom is -0.392 e. The van der Waals surface area contributed by atoms with Crippen molar-refractivity contribution in [2.45, 2.75) is 30.9 Å². The molecule has 3 aromatic rings. The second-order valence-corrected chi connectivity index (χ2v) is 8.78. The molecule has 1 aliphatic heterocycles. The number of hydrogen-bond donors (Lipinski definition) is 2. The Morgan fingerprint density at radius 3 is 2.03 bits per heavy atom. The van der Waals surface area contributed by atoms with Crippen molar-refractivity contribution in [3.63, 3.8) is 0 Å². The van der Waals surface area contributed by atoms with Crippen molar-refractivity contribution in [3.8, 4) is 0 Å². The average molecular weight is 451 g/mol. The SMILES string of the molecule is CC(C(=O)N[C@H](CN1CCC(O)C1)c1ccccc1)(c1ccc(F)cc1)c1ccc(F)cc1. The molecule has 0 saturated carbocycles. The highest BCUT2D eigenvalue weighted by atomic mass is 19.1. The Morgan fingerprint density at radius 2 is 1.55 bits per heavy atom. The molecule has 0 radical (unpaired) electrons. The van der Waals surface area contributed by atoms with Gasteiger partial charge in [0.1, 0.15) is 11.6 Å². The molecule has 1 aliphatic rings. The van der Waals surface area contributed by atoms with E-state index in [0.717, 1.165) is 12.1 Å². The highest BCUT2D eigenvalue weighted by Crippen LogP contribution is 2.34. The Bertz CT molecular complexity index is 1030. The summed E-state index contributed by atoms with van der Waals surface area (Å²) in [6, 6.07) is 21.0. The van der Waals surface area contributed by atoms with E-state index in [4.69, 9.17) is 0 Å². The van der Waals surface area contributed by atoms with Crippen molar-refractivity contribution in [1.82, 2.24) is 10.2 Å². The fourth-order valence-corrected chi connectivity index (χ4v) is 4.45. The lowest BCUT2D eigenvalue weighted by molar-refractivity contribution is -0.125. The Kier molecular flexibility index (Phi) is 6.86. The summed E-state index contributed by atoms with van der Waals surface area (Å²) in [5, 5.41) is 13.1. The van der Waals surface area contributed by atoms with E-state index in [2.05, 4.69) is 10.2 Å². The number of halogens is 2. The summed E-state index contributed by atoms with van der Waals surface area (Å²) >= 11 is 0. The number of rotatable bonds is 7. The van der Waals surface area contributed by atoms with Gasteiger partial charge < -0.3 is 10.4 Å². The number of amides is 1. The van der Waals surface area contributed by atoms with Crippen molar-refractivity contribution in [2.24, 2.45) is 0 Å². The number of nitrogens with one attached hydrogen (secondary N) is 1. The summed E-state index contributed by atoms with van der Waals surface area (Å²) in [6.07, 6.45) is 0.346. The van der Waals surface area contributed by atoms with Crippen LogP contribution in [0.1, 0.15) is 36.1 Å². The molecule has 1 unspecified atom stereocenters. The predicted molar refractivity (Wildman–Crippen MR) is 124 cm³/mol. The van der Waals surface area contributed by atoms with Crippen molar-refractivity contribution >= 4 is 5.91 Å². The number of carbonyl (C=O) groups excluding carboxylic acids is 1. The zero-order chi connectivity index (χ0) is 23.4. The predicted octanol–water partition coefficient (Wildman–Crippen LogP) is 4.19. The van der Waals surface area contributed by atoms with E-state index >= 15 is 0 Å². The van der Waals surface area contributed by atoms with Gasteiger partial charge in [-0.3, -0.25) is 9.69 Å². The van der Waals surface area contributed by atoms with Gasteiger partial charge in [0.2, 0.25) is 5.91 Å². The lowest BCUT2D eigenvalue weighted by Crippen LogP contribution is -2.47. The van der Waals surface area contributed by atoms with Gasteiger partial charge in [0.25, 0.3) is 0 Å². The van der Waals surface area contributed by atoms with Crippen molar-refractivity contribution < 1.29 is 18.7 Å². The summed E-state index contributed by atoms with van der Waals surface area (Å²) in [5.41, 5.74) is 1.000. The van der Waals surface area contributed by atoms with E-state index in [0.29, 0.717) is 30.6 Å². The van der Waals surface area contributed by atoms with Crippen LogP contribution in [-0.2, 0) is 10.2 Å². The van der Waals surface area contributed by atoms with E-state index < -0.39 is 17.0 Å². The van der Waals surface area contributed by atoms with Gasteiger partial charge in [-0.05, 0) is 54.3 Å². The average Bonchev–Trinajstić information content (AvgIpc) is 3.24. The number of aliphatic hydroxyl groups is 1. The van der Waals surface area contributed by atoms with Crippen LogP contribution in [0.15, 0.2) is 78.9 Å². The van der Waals surface area contributed by atoms with Crippen LogP contribution >= 0.6 is 0 Å². The first-order valence-corrected chi connectivity index (χ1v) is 11.1. The quantitative estimate of drug-likeness (QED) is 0.568. The number of aliphatic hydroxyl groups excluding tert-OH is 1. The summed E-state index contributed by atoms with van der Waals surface area (Å²) in [4.78, 5) is 16.0. The fraction of sp³-hybridized carbons (Fsp3) is 0.296. The van der Waals surface area contributed by atoms with Gasteiger partial charge in [-0.25, -0.2) is 8.78 Å². The van der Waals surface area contributed by atoms with Gasteiger partial charge in [-0.15, -0.1) is 0 Å². The number of nitrogens with zero attached hydrogens (tertiary/aromatic N) is 1. The lowest BCUT2D eigenvalue weighted by atomic mass is 9.75. The number of hydrogen-bond acceptors (Lipinski definition) is 3. The Hall–Kier alpha value is -3.09. The molecule has 1 amide bonds. The third kappa shape index (κ3) is 5.13. The third-order valence-electron chi connectivity index (χ3n) is 6.49. The normalized spacial score (nSPS) is 17.6. The van der Waals surface area contributed by atoms with Crippen molar-refractivity contribution in [2.75, 3.05) is 19.6 Å². The van der Waals surface area contributed by atoms with Crippen LogP contribution in [0, 0.1) is 11.6 Å². The minimum atomic E-state index is -1.17. The monoisotopic (exact) mass is 450 g/mol. The van der Waals surface area contributed by atoms with Gasteiger partial charge in [0, 0.05) is 19.6 Å². The molecular weight excluding hydrogens is 422 g/mol. The molecule has 3 aromatic carbocycles. The molecule has 0 bridgehead atoms. The van der Waals surface area contributed by atoms with Gasteiger partial charge in [0.15, 0.2) is 0 Å². The maximum atomic E-state index is 13.9. The maximum Gasteiger partial charge on any atom is 0.235 e. The van der Waals surface area contributed by atoms with Gasteiger partial charge >= 0.3 is 0 Å². The fourth-order valence-electron chi connectivity index (χ4n) is 4.45. The number of likely N-dealkylation sites (tertiary alicyclic amines) is 1. The first-order chi connectivity index (χ1) is 15.9. The van der Waals surface area contributed by atoms with Crippen LogP contribution in [0.25, 0.3) is 0 Å². The summed E-state index contributed by atoms with van der Waals surface area (Å²) in [5.74, 6) is -1.06. The highest BCUT2D eigenvalue weighted by molar-refractivity contribution is 5.92. The molecule has 1 saturated heterocycles. The standard InChI is InChI=1S/C27H28F2N2O2/c1-27(20-7-11-22(28)12-8-20,21-9-13-23(29)14-10-21)26(33)30-25(19-5-3-2-4-6-19)18-31-16-15-24(32)17-31/h2-14,24-25,32H,15-18H2,1H3,(H,30,33)/t24?,25-/m1/s1. The second-order valence-electron chi connectivity index (χ2n) is 8.78. The zero-order valence-corrected chi connectivity index (χ0v) is 18.5. The van der Waals surface area contributed by atoms with E-state index in [-0.39, 0.29) is 18.1 Å². The third-order valence-corrected chi connectivity index (χ3v) is 6.49. The molecule has 4 rings (SSSR count). The molecule has 0 aromatic heterocycles. The van der Waals surface area contributed by atoms with Crippen LogP contribution < -0.4 is 5.32 Å². The van der Waals surface area contributed by atoms with E-state index in [1.165, 1.54) is 24.3 Å². The lowest BCUT2D eigenvalue weighted by Gasteiger charge is -2.33. The topological polar surface area (TPSA) is 52.6 Å². The smallest absolute Gasteiger partial charge is 0.235 e. The zero-order valence-electron chi connectivity index (χ0n) is 18.5. The Balaban J connectivity index is 1.69. The minimum absolute atomic E-state index is 0.269. The molecule has 172 valence electrons. The Morgan fingerprint density at radius 1 is 1.00 bits per heavy atom. The van der Waals surface area contributed by atoms with Crippen LogP contribution in [0.2, 0.25) is 0 Å². The summed E-state index contributed by atoms with van der Waals surface area (Å²) in [7, 11) is 0. The van der Waals surface area contributed by atoms with Crippen LogP contribution in [0.3, 0.4) is 0 Å². The van der Waals surface area contributed by atoms with Crippen molar-refractivity contribution in [1.29, 1.82) is 0 Å². The number of carbonyl (C=O) groups is 1. The molecule has 4 nitrogen and oxygen atoms in total. The maximum absolute atomic E-state index is 13.9. The molecule has 1 fully saturated rings. The van der Waals surface area contributed by atoms with Crippen LogP contribution in [0.4, 0.5) is 8.78 Å². The molecule has 33 heavy (non-hydrogen) atoms. The van der Waals surface area contributed by atoms with Crippen LogP contribution in [0.5, 0.6) is 0 Å². The Labute approximate surface area is 192 Å². The largest absolute Gasteiger partial charge is 0.392 e. The highest BCUT2D eigenvalue weighted by Gasteiger charge is 2.39. The first kappa shape index (κ1) is 23.1. The van der Waals surface area contributed by atoms with E-state index in [1.807, 2.05) is 30.3 Å². The number of benzene rings is 3. The molecular formula is C27H28F2N2O2. The molecule has 0 spiro atoms. The number of β-amino-alcohol motifs (C(OH)–C–C–N with tert-alkyl or cyclic N) is 1. The summed E-state index contributed by atoms with van der Waals surface area (Å²) < 4.78 is 27.3.